The van der Waals surface area contributed by atoms with E-state index in [1.807, 2.05) is 0 Å². The minimum absolute atomic E-state index is 0.0962. The summed E-state index contributed by atoms with van der Waals surface area (Å²) in [6, 6.07) is 1.45. The number of ether oxygens (including phenoxy) is 1. The van der Waals surface area contributed by atoms with Crippen molar-refractivity contribution in [3.8, 4) is 5.75 Å². The Bertz CT molecular complexity index is 385. The highest BCUT2D eigenvalue weighted by molar-refractivity contribution is 5.96. The molecule has 0 saturated carbocycles. The fourth-order valence-corrected chi connectivity index (χ4v) is 1.34. The highest BCUT2D eigenvalue weighted by Crippen LogP contribution is 2.29. The summed E-state index contributed by atoms with van der Waals surface area (Å²) in [6.07, 6.45) is 0. The maximum atomic E-state index is 11.3. The molecule has 0 unspecified atom stereocenters. The largest absolute Gasteiger partial charge is 0.507 e. The van der Waals surface area contributed by atoms with Crippen LogP contribution in [0.1, 0.15) is 21.5 Å². The van der Waals surface area contributed by atoms with Crippen LogP contribution in [0.25, 0.3) is 0 Å². The number of esters is 1. The fraction of sp³-hybridized carbons (Fsp3) is 0.300. The molecule has 0 radical (unpaired) electrons. The van der Waals surface area contributed by atoms with Gasteiger partial charge in [-0.15, -0.1) is 0 Å². The van der Waals surface area contributed by atoms with Crippen LogP contribution in [-0.4, -0.2) is 18.2 Å². The monoisotopic (exact) mass is 195 g/mol. The van der Waals surface area contributed by atoms with Crippen LogP contribution in [0, 0.1) is 13.8 Å². The molecular formula is C10H13NO3. The van der Waals surface area contributed by atoms with Crippen LogP contribution in [-0.2, 0) is 4.74 Å². The van der Waals surface area contributed by atoms with Crippen LogP contribution >= 0.6 is 0 Å². The minimum atomic E-state index is -0.577. The molecule has 0 saturated heterocycles. The van der Waals surface area contributed by atoms with Crippen molar-refractivity contribution in [3.63, 3.8) is 0 Å². The van der Waals surface area contributed by atoms with Gasteiger partial charge in [0, 0.05) is 5.69 Å². The van der Waals surface area contributed by atoms with E-state index >= 15 is 0 Å². The number of anilines is 1. The molecule has 0 heterocycles. The van der Waals surface area contributed by atoms with Crippen LogP contribution in [0.4, 0.5) is 5.69 Å². The number of carbonyl (C=O) groups excluding carboxylic acids is 1. The minimum Gasteiger partial charge on any atom is -0.507 e. The third kappa shape index (κ3) is 1.51. The number of phenolic OH excluding ortho intramolecular Hbond substituents is 1. The summed E-state index contributed by atoms with van der Waals surface area (Å²) in [5.41, 5.74) is 7.66. The van der Waals surface area contributed by atoms with E-state index in [0.717, 1.165) is 5.56 Å². The van der Waals surface area contributed by atoms with Gasteiger partial charge in [-0.1, -0.05) is 0 Å². The number of carbonyl (C=O) groups is 1. The Morgan fingerprint density at radius 3 is 2.57 bits per heavy atom. The van der Waals surface area contributed by atoms with Gasteiger partial charge in [0.15, 0.2) is 0 Å². The van der Waals surface area contributed by atoms with Gasteiger partial charge in [0.1, 0.15) is 11.3 Å². The molecule has 1 aromatic carbocycles. The Hall–Kier alpha value is -1.71. The van der Waals surface area contributed by atoms with Gasteiger partial charge in [0.05, 0.1) is 7.11 Å². The Labute approximate surface area is 82.3 Å². The third-order valence-electron chi connectivity index (χ3n) is 2.20. The molecule has 0 amide bonds. The van der Waals surface area contributed by atoms with Gasteiger partial charge >= 0.3 is 5.97 Å². The van der Waals surface area contributed by atoms with Crippen molar-refractivity contribution in [2.24, 2.45) is 0 Å². The number of benzene rings is 1. The number of hydrogen-bond acceptors (Lipinski definition) is 4. The number of aryl methyl sites for hydroxylation is 1. The zero-order valence-electron chi connectivity index (χ0n) is 8.42. The molecule has 0 aromatic heterocycles. The lowest BCUT2D eigenvalue weighted by molar-refractivity contribution is 0.0596. The van der Waals surface area contributed by atoms with Crippen molar-refractivity contribution in [2.75, 3.05) is 12.8 Å². The number of phenols is 1. The van der Waals surface area contributed by atoms with Crippen LogP contribution in [0.15, 0.2) is 6.07 Å². The molecule has 0 spiro atoms. The molecule has 3 N–H and O–H groups in total. The maximum absolute atomic E-state index is 11.3. The topological polar surface area (TPSA) is 72.5 Å². The molecule has 1 rings (SSSR count). The van der Waals surface area contributed by atoms with Gasteiger partial charge in [0.2, 0.25) is 0 Å². The molecule has 0 fully saturated rings. The van der Waals surface area contributed by atoms with Crippen LogP contribution in [0.2, 0.25) is 0 Å². The predicted octanol–water partition coefficient (Wildman–Crippen LogP) is 1.38. The molecule has 4 nitrogen and oxygen atoms in total. The fourth-order valence-electron chi connectivity index (χ4n) is 1.34. The highest BCUT2D eigenvalue weighted by atomic mass is 16.5. The molecule has 76 valence electrons. The second kappa shape index (κ2) is 3.57. The molecule has 0 bridgehead atoms. The highest BCUT2D eigenvalue weighted by Gasteiger charge is 2.17. The van der Waals surface area contributed by atoms with E-state index in [1.165, 1.54) is 13.2 Å². The van der Waals surface area contributed by atoms with Crippen molar-refractivity contribution in [2.45, 2.75) is 13.8 Å². The number of rotatable bonds is 1. The van der Waals surface area contributed by atoms with Crippen LogP contribution in [0.3, 0.4) is 0 Å². The second-order valence-electron chi connectivity index (χ2n) is 3.12. The van der Waals surface area contributed by atoms with Gasteiger partial charge in [-0.05, 0) is 31.0 Å². The summed E-state index contributed by atoms with van der Waals surface area (Å²) in [6.45, 7) is 3.44. The standard InChI is InChI=1S/C10H13NO3/c1-5-4-7(12)8(10(13)14-3)6(2)9(5)11/h4,12H,11H2,1-3H3. The molecule has 1 aromatic rings. The normalized spacial score (nSPS) is 9.93. The SMILES string of the molecule is COC(=O)c1c(O)cc(C)c(N)c1C. The number of nitrogens with two attached hydrogens (primary N) is 1. The summed E-state index contributed by atoms with van der Waals surface area (Å²) in [5, 5.41) is 9.54. The molecule has 0 aliphatic carbocycles. The first-order valence-electron chi connectivity index (χ1n) is 4.16. The van der Waals surface area contributed by atoms with E-state index in [0.29, 0.717) is 11.3 Å². The van der Waals surface area contributed by atoms with E-state index in [9.17, 15) is 9.90 Å². The molecule has 4 heteroatoms. The first-order chi connectivity index (χ1) is 6.49. The van der Waals surface area contributed by atoms with Gasteiger partial charge in [-0.25, -0.2) is 4.79 Å². The van der Waals surface area contributed by atoms with Crippen molar-refractivity contribution in [1.29, 1.82) is 0 Å². The number of methoxy groups -OCH3 is 1. The van der Waals surface area contributed by atoms with E-state index < -0.39 is 5.97 Å². The van der Waals surface area contributed by atoms with Crippen molar-refractivity contribution >= 4 is 11.7 Å². The summed E-state index contributed by atoms with van der Waals surface area (Å²) in [5.74, 6) is -0.673. The van der Waals surface area contributed by atoms with Gasteiger partial charge in [-0.3, -0.25) is 0 Å². The summed E-state index contributed by atoms with van der Waals surface area (Å²) < 4.78 is 4.54. The van der Waals surface area contributed by atoms with Crippen LogP contribution in [0.5, 0.6) is 5.75 Å². The Morgan fingerprint density at radius 2 is 2.07 bits per heavy atom. The number of hydrogen-bond donors (Lipinski definition) is 2. The van der Waals surface area contributed by atoms with Gasteiger partial charge in [-0.2, -0.15) is 0 Å². The predicted molar refractivity (Wildman–Crippen MR) is 53.3 cm³/mol. The molecule has 0 aliphatic heterocycles. The van der Waals surface area contributed by atoms with E-state index in [4.69, 9.17) is 5.73 Å². The Kier molecular flexibility index (Phi) is 2.65. The van der Waals surface area contributed by atoms with Gasteiger partial charge < -0.3 is 15.6 Å². The summed E-state index contributed by atoms with van der Waals surface area (Å²) in [4.78, 5) is 11.3. The first kappa shape index (κ1) is 10.4. The Balaban J connectivity index is 3.44. The lowest BCUT2D eigenvalue weighted by Gasteiger charge is -2.11. The quantitative estimate of drug-likeness (QED) is 0.403. The zero-order chi connectivity index (χ0) is 10.9. The second-order valence-corrected chi connectivity index (χ2v) is 3.12. The van der Waals surface area contributed by atoms with E-state index in [-0.39, 0.29) is 11.3 Å². The Morgan fingerprint density at radius 1 is 1.50 bits per heavy atom. The lowest BCUT2D eigenvalue weighted by atomic mass is 10.0. The lowest BCUT2D eigenvalue weighted by Crippen LogP contribution is -2.07. The smallest absolute Gasteiger partial charge is 0.341 e. The first-order valence-corrected chi connectivity index (χ1v) is 4.16. The zero-order valence-corrected chi connectivity index (χ0v) is 8.42. The van der Waals surface area contributed by atoms with Crippen molar-refractivity contribution in [3.05, 3.63) is 22.8 Å². The summed E-state index contributed by atoms with van der Waals surface area (Å²) in [7, 11) is 1.26. The third-order valence-corrected chi connectivity index (χ3v) is 2.20. The maximum Gasteiger partial charge on any atom is 0.341 e. The molecular weight excluding hydrogens is 182 g/mol. The van der Waals surface area contributed by atoms with Crippen molar-refractivity contribution in [1.82, 2.24) is 0 Å². The molecule has 14 heavy (non-hydrogen) atoms. The average Bonchev–Trinajstić information content (AvgIpc) is 2.14. The van der Waals surface area contributed by atoms with Gasteiger partial charge in [0.25, 0.3) is 0 Å². The molecule has 0 atom stereocenters. The molecule has 0 aliphatic rings. The average molecular weight is 195 g/mol. The van der Waals surface area contributed by atoms with Crippen LogP contribution < -0.4 is 5.73 Å². The van der Waals surface area contributed by atoms with Crippen molar-refractivity contribution < 1.29 is 14.6 Å². The van der Waals surface area contributed by atoms with E-state index in [1.54, 1.807) is 13.8 Å². The summed E-state index contributed by atoms with van der Waals surface area (Å²) >= 11 is 0. The number of nitrogen functional groups attached to an aromatic ring is 1. The van der Waals surface area contributed by atoms with E-state index in [2.05, 4.69) is 4.74 Å². The number of aromatic hydroxyl groups is 1.